The molecule has 2 aliphatic carbocycles. The van der Waals surface area contributed by atoms with Crippen molar-refractivity contribution in [3.05, 3.63) is 187 Å². The van der Waals surface area contributed by atoms with Crippen molar-refractivity contribution in [2.45, 2.75) is 69.1 Å². The van der Waals surface area contributed by atoms with Crippen LogP contribution in [0.2, 0.25) is 0 Å². The SMILES string of the molecule is Cc1sc2ccn(Cc3ccc(C(F)(F)F)cc3)c2c1C(=O)NC1(c2ccc(C(=O)O)cc2)CC1.O=C(O)c1ccc(C2(NC(=O)c3csc4ccn(Cc5ccc(C(F)(F)F)cc5)c34)CC2)cc1. The van der Waals surface area contributed by atoms with Crippen LogP contribution in [0, 0.1) is 6.92 Å². The Morgan fingerprint density at radius 1 is 0.580 bits per heavy atom. The van der Waals surface area contributed by atoms with Crippen molar-refractivity contribution < 1.29 is 55.7 Å². The van der Waals surface area contributed by atoms with Crippen molar-refractivity contribution >= 4 is 66.9 Å². The average molecular weight is 983 g/mol. The number of carbonyl (C=O) groups is 4. The van der Waals surface area contributed by atoms with Crippen LogP contribution in [-0.4, -0.2) is 43.1 Å². The van der Waals surface area contributed by atoms with Crippen LogP contribution in [-0.2, 0) is 36.5 Å². The number of carbonyl (C=O) groups excluding carboxylic acids is 2. The second kappa shape index (κ2) is 17.7. The molecule has 2 aliphatic rings. The third kappa shape index (κ3) is 9.63. The van der Waals surface area contributed by atoms with E-state index in [1.54, 1.807) is 29.6 Å². The number of nitrogens with zero attached hydrogens (tertiary/aromatic N) is 2. The van der Waals surface area contributed by atoms with Crippen LogP contribution in [0.15, 0.2) is 127 Å². The lowest BCUT2D eigenvalue weighted by Crippen LogP contribution is -2.35. The van der Waals surface area contributed by atoms with Crippen LogP contribution in [0.4, 0.5) is 26.3 Å². The monoisotopic (exact) mass is 982 g/mol. The summed E-state index contributed by atoms with van der Waals surface area (Å²) in [5, 5.41) is 26.3. The minimum atomic E-state index is -4.39. The van der Waals surface area contributed by atoms with Gasteiger partial charge in [0, 0.05) is 35.7 Å². The van der Waals surface area contributed by atoms with E-state index in [9.17, 15) is 45.5 Å². The lowest BCUT2D eigenvalue weighted by Gasteiger charge is -2.19. The molecule has 354 valence electrons. The van der Waals surface area contributed by atoms with Gasteiger partial charge in [-0.25, -0.2) is 9.59 Å². The molecule has 2 amide bonds. The van der Waals surface area contributed by atoms with Crippen LogP contribution < -0.4 is 10.6 Å². The summed E-state index contributed by atoms with van der Waals surface area (Å²) in [6, 6.07) is 26.9. The van der Waals surface area contributed by atoms with Gasteiger partial charge in [0.15, 0.2) is 0 Å². The zero-order chi connectivity index (χ0) is 49.0. The fourth-order valence-corrected chi connectivity index (χ4v) is 10.5. The number of aryl methyl sites for hydroxylation is 1. The molecule has 4 aromatic carbocycles. The summed E-state index contributed by atoms with van der Waals surface area (Å²) in [4.78, 5) is 49.8. The van der Waals surface area contributed by atoms with Gasteiger partial charge in [0.05, 0.1) is 64.9 Å². The molecule has 2 saturated carbocycles. The van der Waals surface area contributed by atoms with E-state index >= 15 is 0 Å². The number of aromatic carboxylic acids is 2. The highest BCUT2D eigenvalue weighted by atomic mass is 32.1. The number of nitrogens with one attached hydrogen (secondary N) is 2. The third-order valence-electron chi connectivity index (χ3n) is 12.6. The predicted molar refractivity (Wildman–Crippen MR) is 249 cm³/mol. The molecule has 4 aromatic heterocycles. The Kier molecular flexibility index (Phi) is 12.0. The molecule has 0 saturated heterocycles. The first-order chi connectivity index (χ1) is 32.7. The molecule has 8 aromatic rings. The van der Waals surface area contributed by atoms with Crippen LogP contribution >= 0.6 is 22.7 Å². The Morgan fingerprint density at radius 3 is 1.42 bits per heavy atom. The summed E-state index contributed by atoms with van der Waals surface area (Å²) in [5.74, 6) is -2.47. The lowest BCUT2D eigenvalue weighted by molar-refractivity contribution is -0.138. The van der Waals surface area contributed by atoms with Crippen molar-refractivity contribution in [1.82, 2.24) is 19.8 Å². The normalized spacial score (nSPS) is 14.8. The van der Waals surface area contributed by atoms with E-state index in [-0.39, 0.29) is 22.9 Å². The molecule has 0 atom stereocenters. The zero-order valence-corrected chi connectivity index (χ0v) is 38.0. The molecule has 10 rings (SSSR count). The van der Waals surface area contributed by atoms with Crippen LogP contribution in [0.3, 0.4) is 0 Å². The van der Waals surface area contributed by atoms with Gasteiger partial charge in [-0.15, -0.1) is 22.7 Å². The Labute approximate surface area is 397 Å². The fourth-order valence-electron chi connectivity index (χ4n) is 8.53. The van der Waals surface area contributed by atoms with Gasteiger partial charge in [-0.1, -0.05) is 48.5 Å². The molecule has 4 heterocycles. The number of aromatic nitrogens is 2. The van der Waals surface area contributed by atoms with Gasteiger partial charge in [0.1, 0.15) is 0 Å². The molecule has 0 aliphatic heterocycles. The highest BCUT2D eigenvalue weighted by Gasteiger charge is 2.47. The Morgan fingerprint density at radius 2 is 1.00 bits per heavy atom. The molecular weight excluding hydrogens is 943 g/mol. The summed E-state index contributed by atoms with van der Waals surface area (Å²) in [6.45, 7) is 2.55. The molecular formula is C51H40F6N4O6S2. The minimum absolute atomic E-state index is 0.187. The molecule has 18 heteroatoms. The Bertz CT molecular complexity index is 3250. The van der Waals surface area contributed by atoms with E-state index in [1.165, 1.54) is 71.2 Å². The quantitative estimate of drug-likeness (QED) is 0.0898. The molecule has 69 heavy (non-hydrogen) atoms. The summed E-state index contributed by atoms with van der Waals surface area (Å²) in [5.41, 5.74) is 3.58. The number of hydrogen-bond donors (Lipinski definition) is 4. The Balaban J connectivity index is 0.000000172. The number of amides is 2. The second-order valence-corrected chi connectivity index (χ2v) is 19.4. The van der Waals surface area contributed by atoms with Gasteiger partial charge in [-0.05, 0) is 116 Å². The fraction of sp³-hybridized carbons (Fsp3) is 0.216. The van der Waals surface area contributed by atoms with Gasteiger partial charge in [0.25, 0.3) is 11.8 Å². The highest BCUT2D eigenvalue weighted by molar-refractivity contribution is 7.19. The first kappa shape index (κ1) is 46.9. The number of alkyl halides is 6. The largest absolute Gasteiger partial charge is 0.478 e. The lowest BCUT2D eigenvalue weighted by atomic mass is 10.0. The predicted octanol–water partition coefficient (Wildman–Crippen LogP) is 12.1. The molecule has 4 N–H and O–H groups in total. The Hall–Kier alpha value is -7.18. The number of fused-ring (bicyclic) bond motifs is 2. The van der Waals surface area contributed by atoms with E-state index < -0.39 is 46.5 Å². The number of benzene rings is 4. The van der Waals surface area contributed by atoms with E-state index in [1.807, 2.05) is 40.6 Å². The standard InChI is InChI=1S/C26H21F3N2O3S.C25H19F3N2O3S/c1-15-21(23(32)30-25(11-12-25)18-8-4-17(5-9-18)24(33)34)22-20(35-15)10-13-31(22)14-16-2-6-19(7-3-16)26(27,28)29;26-25(27,28)18-5-1-15(2-6-18)13-30-12-9-20-21(30)19(14-34-20)22(31)29-24(10-11-24)17-7-3-16(4-8-17)23(32)33/h2-10,13H,11-12,14H2,1H3,(H,30,32)(H,33,34);1-9,12,14H,10-11,13H2,(H,29,31)(H,32,33). The molecule has 0 spiro atoms. The first-order valence-corrected chi connectivity index (χ1v) is 23.2. The maximum atomic E-state index is 13.5. The summed E-state index contributed by atoms with van der Waals surface area (Å²) in [6.07, 6.45) is -2.09. The minimum Gasteiger partial charge on any atom is -0.478 e. The summed E-state index contributed by atoms with van der Waals surface area (Å²) < 4.78 is 82.8. The second-order valence-electron chi connectivity index (χ2n) is 17.2. The van der Waals surface area contributed by atoms with Crippen molar-refractivity contribution in [3.8, 4) is 0 Å². The third-order valence-corrected chi connectivity index (χ3v) is 14.6. The van der Waals surface area contributed by atoms with Crippen molar-refractivity contribution in [1.29, 1.82) is 0 Å². The van der Waals surface area contributed by atoms with Crippen LogP contribution in [0.25, 0.3) is 20.4 Å². The molecule has 0 unspecified atom stereocenters. The summed E-state index contributed by atoms with van der Waals surface area (Å²) in [7, 11) is 0. The van der Waals surface area contributed by atoms with E-state index in [4.69, 9.17) is 10.2 Å². The van der Waals surface area contributed by atoms with Crippen molar-refractivity contribution in [2.75, 3.05) is 0 Å². The van der Waals surface area contributed by atoms with Crippen molar-refractivity contribution in [2.24, 2.45) is 0 Å². The van der Waals surface area contributed by atoms with E-state index in [2.05, 4.69) is 10.6 Å². The van der Waals surface area contributed by atoms with Crippen LogP contribution in [0.5, 0.6) is 0 Å². The number of carboxylic acid groups (broad SMARTS) is 2. The molecule has 10 nitrogen and oxygen atoms in total. The molecule has 0 radical (unpaired) electrons. The van der Waals surface area contributed by atoms with Gasteiger partial charge in [-0.3, -0.25) is 9.59 Å². The topological polar surface area (TPSA) is 143 Å². The average Bonchev–Trinajstić information content (AvgIpc) is 4.06. The van der Waals surface area contributed by atoms with Gasteiger partial charge < -0.3 is 30.0 Å². The van der Waals surface area contributed by atoms with E-state index in [0.29, 0.717) is 35.3 Å². The number of halogens is 6. The number of thiophene rings is 2. The van der Waals surface area contributed by atoms with Crippen LogP contribution in [0.1, 0.15) is 105 Å². The zero-order valence-electron chi connectivity index (χ0n) is 36.4. The molecule has 0 bridgehead atoms. The van der Waals surface area contributed by atoms with Gasteiger partial charge in [0.2, 0.25) is 0 Å². The first-order valence-electron chi connectivity index (χ1n) is 21.5. The molecule has 2 fully saturated rings. The van der Waals surface area contributed by atoms with Gasteiger partial charge in [-0.2, -0.15) is 26.3 Å². The maximum absolute atomic E-state index is 13.5. The summed E-state index contributed by atoms with van der Waals surface area (Å²) >= 11 is 2.93. The smallest absolute Gasteiger partial charge is 0.416 e. The van der Waals surface area contributed by atoms with Crippen molar-refractivity contribution in [3.63, 3.8) is 0 Å². The number of carboxylic acids is 2. The van der Waals surface area contributed by atoms with E-state index in [0.717, 1.165) is 86.4 Å². The van der Waals surface area contributed by atoms with Gasteiger partial charge >= 0.3 is 24.3 Å². The number of hydrogen-bond acceptors (Lipinski definition) is 6. The maximum Gasteiger partial charge on any atom is 0.416 e. The number of rotatable bonds is 12. The highest BCUT2D eigenvalue weighted by Crippen LogP contribution is 2.47.